The minimum atomic E-state index is 0.875. The highest BCUT2D eigenvalue weighted by atomic mass is 14.8. The lowest BCUT2D eigenvalue weighted by molar-refractivity contribution is 0.999. The van der Waals surface area contributed by atoms with Crippen molar-refractivity contribution in [2.75, 3.05) is 0 Å². The molecule has 0 fully saturated rings. The maximum Gasteiger partial charge on any atom is 0.110 e. The molecule has 2 aromatic rings. The third kappa shape index (κ3) is 1.62. The number of pyridine rings is 1. The largest absolute Gasteiger partial charge is 0.257 e. The lowest BCUT2D eigenvalue weighted by Crippen LogP contribution is -1.95. The first kappa shape index (κ1) is 8.81. The molecule has 14 heavy (non-hydrogen) atoms. The molecule has 2 rings (SSSR count). The zero-order valence-corrected chi connectivity index (χ0v) is 8.01. The quantitative estimate of drug-likeness (QED) is 0.719. The highest BCUT2D eigenvalue weighted by molar-refractivity contribution is 5.56. The van der Waals surface area contributed by atoms with Gasteiger partial charge in [-0.05, 0) is 18.6 Å². The fourth-order valence-corrected chi connectivity index (χ4v) is 1.34. The molecule has 0 spiro atoms. The molecule has 0 aliphatic heterocycles. The predicted molar refractivity (Wildman–Crippen MR) is 54.6 cm³/mol. The Hall–Kier alpha value is -1.77. The second-order valence-corrected chi connectivity index (χ2v) is 2.92. The van der Waals surface area contributed by atoms with Crippen molar-refractivity contribution in [2.45, 2.75) is 13.3 Å². The van der Waals surface area contributed by atoms with E-state index in [1.165, 1.54) is 0 Å². The molecule has 0 saturated carbocycles. The number of aryl methyl sites for hydroxylation is 1. The van der Waals surface area contributed by atoms with Crippen LogP contribution in [0.4, 0.5) is 0 Å². The van der Waals surface area contributed by atoms with E-state index in [1.807, 2.05) is 18.2 Å². The molecule has 0 bridgehead atoms. The SMILES string of the molecule is CCc1nccnc1-c1ccccn1. The summed E-state index contributed by atoms with van der Waals surface area (Å²) in [6, 6.07) is 5.80. The van der Waals surface area contributed by atoms with Gasteiger partial charge in [0, 0.05) is 18.6 Å². The van der Waals surface area contributed by atoms with Gasteiger partial charge in [-0.25, -0.2) is 0 Å². The number of nitrogens with zero attached hydrogens (tertiary/aromatic N) is 3. The van der Waals surface area contributed by atoms with Crippen molar-refractivity contribution in [1.82, 2.24) is 15.0 Å². The van der Waals surface area contributed by atoms with Gasteiger partial charge < -0.3 is 0 Å². The van der Waals surface area contributed by atoms with Crippen molar-refractivity contribution in [3.05, 3.63) is 42.5 Å². The summed E-state index contributed by atoms with van der Waals surface area (Å²) < 4.78 is 0. The first-order chi connectivity index (χ1) is 6.92. The molecule has 3 nitrogen and oxygen atoms in total. The van der Waals surface area contributed by atoms with Crippen LogP contribution in [-0.4, -0.2) is 15.0 Å². The van der Waals surface area contributed by atoms with Gasteiger partial charge in [0.15, 0.2) is 0 Å². The topological polar surface area (TPSA) is 38.7 Å². The fraction of sp³-hybridized carbons (Fsp3) is 0.182. The molecular weight excluding hydrogens is 174 g/mol. The third-order valence-electron chi connectivity index (χ3n) is 2.02. The van der Waals surface area contributed by atoms with Crippen molar-refractivity contribution in [3.63, 3.8) is 0 Å². The second-order valence-electron chi connectivity index (χ2n) is 2.92. The molecule has 0 aromatic carbocycles. The van der Waals surface area contributed by atoms with Crippen LogP contribution in [0.2, 0.25) is 0 Å². The molecule has 0 aliphatic rings. The molecule has 70 valence electrons. The van der Waals surface area contributed by atoms with Crippen LogP contribution in [0.1, 0.15) is 12.6 Å². The Morgan fingerprint density at radius 3 is 2.57 bits per heavy atom. The summed E-state index contributed by atoms with van der Waals surface area (Å²) in [5.41, 5.74) is 2.76. The van der Waals surface area contributed by atoms with Crippen LogP contribution in [0.5, 0.6) is 0 Å². The van der Waals surface area contributed by atoms with Crippen LogP contribution in [0.15, 0.2) is 36.8 Å². The molecule has 2 aromatic heterocycles. The number of hydrogen-bond donors (Lipinski definition) is 0. The molecule has 0 aliphatic carbocycles. The molecule has 0 unspecified atom stereocenters. The average Bonchev–Trinajstić information content (AvgIpc) is 2.30. The lowest BCUT2D eigenvalue weighted by atomic mass is 10.2. The summed E-state index contributed by atoms with van der Waals surface area (Å²) in [7, 11) is 0. The molecule has 0 amide bonds. The van der Waals surface area contributed by atoms with Crippen LogP contribution in [0, 0.1) is 0 Å². The highest BCUT2D eigenvalue weighted by Crippen LogP contribution is 2.16. The summed E-state index contributed by atoms with van der Waals surface area (Å²) in [5.74, 6) is 0. The summed E-state index contributed by atoms with van der Waals surface area (Å²) in [6.45, 7) is 2.07. The lowest BCUT2D eigenvalue weighted by Gasteiger charge is -2.03. The molecule has 0 saturated heterocycles. The molecule has 0 atom stereocenters. The van der Waals surface area contributed by atoms with Crippen LogP contribution < -0.4 is 0 Å². The molecule has 3 heteroatoms. The first-order valence-corrected chi connectivity index (χ1v) is 4.63. The van der Waals surface area contributed by atoms with E-state index >= 15 is 0 Å². The van der Waals surface area contributed by atoms with E-state index in [4.69, 9.17) is 0 Å². The van der Waals surface area contributed by atoms with Crippen LogP contribution in [-0.2, 0) is 6.42 Å². The minimum absolute atomic E-state index is 0.875. The van der Waals surface area contributed by atoms with Gasteiger partial charge >= 0.3 is 0 Å². The summed E-state index contributed by atoms with van der Waals surface area (Å²) >= 11 is 0. The van der Waals surface area contributed by atoms with Crippen LogP contribution in [0.3, 0.4) is 0 Å². The van der Waals surface area contributed by atoms with Crippen LogP contribution >= 0.6 is 0 Å². The van der Waals surface area contributed by atoms with Crippen molar-refractivity contribution in [2.24, 2.45) is 0 Å². The maximum absolute atomic E-state index is 4.29. The van der Waals surface area contributed by atoms with Gasteiger partial charge in [-0.15, -0.1) is 0 Å². The summed E-state index contributed by atoms with van der Waals surface area (Å²) in [6.07, 6.45) is 6.05. The van der Waals surface area contributed by atoms with Gasteiger partial charge in [-0.2, -0.15) is 0 Å². The molecule has 2 heterocycles. The maximum atomic E-state index is 4.29. The van der Waals surface area contributed by atoms with Crippen molar-refractivity contribution >= 4 is 0 Å². The first-order valence-electron chi connectivity index (χ1n) is 4.63. The minimum Gasteiger partial charge on any atom is -0.257 e. The molecular formula is C11H11N3. The van der Waals surface area contributed by atoms with Crippen molar-refractivity contribution < 1.29 is 0 Å². The Morgan fingerprint density at radius 1 is 1.00 bits per heavy atom. The third-order valence-corrected chi connectivity index (χ3v) is 2.02. The van der Waals surface area contributed by atoms with E-state index in [-0.39, 0.29) is 0 Å². The predicted octanol–water partition coefficient (Wildman–Crippen LogP) is 2.10. The van der Waals surface area contributed by atoms with E-state index < -0.39 is 0 Å². The highest BCUT2D eigenvalue weighted by Gasteiger charge is 2.05. The van der Waals surface area contributed by atoms with Gasteiger partial charge in [0.25, 0.3) is 0 Å². The molecule has 0 radical (unpaired) electrons. The van der Waals surface area contributed by atoms with Crippen molar-refractivity contribution in [3.8, 4) is 11.4 Å². The van der Waals surface area contributed by atoms with Crippen LogP contribution in [0.25, 0.3) is 11.4 Å². The second kappa shape index (κ2) is 3.96. The zero-order chi connectivity index (χ0) is 9.80. The van der Waals surface area contributed by atoms with Gasteiger partial charge in [0.2, 0.25) is 0 Å². The number of aromatic nitrogens is 3. The van der Waals surface area contributed by atoms with Gasteiger partial charge in [-0.1, -0.05) is 13.0 Å². The number of rotatable bonds is 2. The Kier molecular flexibility index (Phi) is 2.49. The average molecular weight is 185 g/mol. The Bertz CT molecular complexity index is 412. The number of hydrogen-bond acceptors (Lipinski definition) is 3. The Balaban J connectivity index is 2.51. The van der Waals surface area contributed by atoms with E-state index in [9.17, 15) is 0 Å². The standard InChI is InChI=1S/C11H11N3/c1-2-9-11(14-8-7-13-9)10-5-3-4-6-12-10/h3-8H,2H2,1H3. The smallest absolute Gasteiger partial charge is 0.110 e. The van der Waals surface area contributed by atoms with E-state index in [1.54, 1.807) is 18.6 Å². The van der Waals surface area contributed by atoms with Gasteiger partial charge in [0.1, 0.15) is 5.69 Å². The zero-order valence-electron chi connectivity index (χ0n) is 8.01. The van der Waals surface area contributed by atoms with E-state index in [0.29, 0.717) is 0 Å². The summed E-state index contributed by atoms with van der Waals surface area (Å²) in [5, 5.41) is 0. The molecule has 0 N–H and O–H groups in total. The van der Waals surface area contributed by atoms with E-state index in [0.717, 1.165) is 23.5 Å². The summed E-state index contributed by atoms with van der Waals surface area (Å²) in [4.78, 5) is 12.8. The Morgan fingerprint density at radius 2 is 1.86 bits per heavy atom. The monoisotopic (exact) mass is 185 g/mol. The van der Waals surface area contributed by atoms with Gasteiger partial charge in [-0.3, -0.25) is 15.0 Å². The fourth-order valence-electron chi connectivity index (χ4n) is 1.34. The normalized spacial score (nSPS) is 10.1. The van der Waals surface area contributed by atoms with E-state index in [2.05, 4.69) is 21.9 Å². The Labute approximate surface area is 82.9 Å². The van der Waals surface area contributed by atoms with Gasteiger partial charge in [0.05, 0.1) is 11.4 Å². The van der Waals surface area contributed by atoms with Crippen molar-refractivity contribution in [1.29, 1.82) is 0 Å².